The molecule has 3 unspecified atom stereocenters. The SMILES string of the molecule is Cc1noc(NS(=O)(=O)c2ccc(NC(=O)C3CC4CCC3C4)cc2)c1C. The minimum atomic E-state index is -3.79. The topological polar surface area (TPSA) is 101 Å². The van der Waals surface area contributed by atoms with Crippen LogP contribution < -0.4 is 10.0 Å². The van der Waals surface area contributed by atoms with Crippen LogP contribution in [-0.2, 0) is 14.8 Å². The van der Waals surface area contributed by atoms with Gasteiger partial charge in [-0.15, -0.1) is 0 Å². The number of fused-ring (bicyclic) bond motifs is 2. The van der Waals surface area contributed by atoms with Crippen molar-refractivity contribution in [2.45, 2.75) is 44.4 Å². The van der Waals surface area contributed by atoms with E-state index >= 15 is 0 Å². The Bertz CT molecular complexity index is 965. The van der Waals surface area contributed by atoms with Gasteiger partial charge in [-0.25, -0.2) is 13.1 Å². The molecule has 1 amide bonds. The third-order valence-corrected chi connectivity index (χ3v) is 7.24. The standard InChI is InChI=1S/C19H23N3O4S/c1-11-12(2)21-26-19(11)22-27(24,25)16-7-5-15(6-8-16)20-18(23)17-10-13-3-4-14(17)9-13/h5-8,13-14,17,22H,3-4,9-10H2,1-2H3,(H,20,23). The lowest BCUT2D eigenvalue weighted by molar-refractivity contribution is -0.121. The maximum Gasteiger partial charge on any atom is 0.264 e. The summed E-state index contributed by atoms with van der Waals surface area (Å²) in [6, 6.07) is 6.16. The van der Waals surface area contributed by atoms with E-state index < -0.39 is 10.0 Å². The van der Waals surface area contributed by atoms with E-state index in [4.69, 9.17) is 4.52 Å². The van der Waals surface area contributed by atoms with Gasteiger partial charge in [0.15, 0.2) is 0 Å². The Hall–Kier alpha value is -2.35. The molecule has 2 saturated carbocycles. The van der Waals surface area contributed by atoms with E-state index in [-0.39, 0.29) is 22.6 Å². The predicted octanol–water partition coefficient (Wildman–Crippen LogP) is 3.47. The fraction of sp³-hybridized carbons (Fsp3) is 0.474. The first-order valence-corrected chi connectivity index (χ1v) is 10.7. The van der Waals surface area contributed by atoms with Crippen LogP contribution in [0.15, 0.2) is 33.7 Å². The highest BCUT2D eigenvalue weighted by Crippen LogP contribution is 2.48. The molecule has 4 rings (SSSR count). The molecule has 2 aliphatic rings. The number of nitrogens with one attached hydrogen (secondary N) is 2. The molecule has 27 heavy (non-hydrogen) atoms. The summed E-state index contributed by atoms with van der Waals surface area (Å²) in [6.07, 6.45) is 4.54. The van der Waals surface area contributed by atoms with Gasteiger partial charge in [0.05, 0.1) is 10.6 Å². The first kappa shape index (κ1) is 18.0. The first-order chi connectivity index (χ1) is 12.8. The number of anilines is 2. The van der Waals surface area contributed by atoms with Gasteiger partial charge in [0.2, 0.25) is 11.8 Å². The van der Waals surface area contributed by atoms with Gasteiger partial charge in [-0.2, -0.15) is 0 Å². The van der Waals surface area contributed by atoms with Crippen LogP contribution >= 0.6 is 0 Å². The van der Waals surface area contributed by atoms with Crippen molar-refractivity contribution < 1.29 is 17.7 Å². The van der Waals surface area contributed by atoms with Crippen LogP contribution in [0.2, 0.25) is 0 Å². The third-order valence-electron chi connectivity index (χ3n) is 5.89. The zero-order valence-corrected chi connectivity index (χ0v) is 16.2. The molecular formula is C19H23N3O4S. The number of amides is 1. The van der Waals surface area contributed by atoms with Crippen LogP contribution in [0.5, 0.6) is 0 Å². The molecule has 0 radical (unpaired) electrons. The minimum absolute atomic E-state index is 0.0451. The maximum absolute atomic E-state index is 12.5. The Kier molecular flexibility index (Phi) is 4.46. The lowest BCUT2D eigenvalue weighted by atomic mass is 9.88. The van der Waals surface area contributed by atoms with Gasteiger partial charge in [0, 0.05) is 17.2 Å². The monoisotopic (exact) mass is 389 g/mol. The van der Waals surface area contributed by atoms with Crippen molar-refractivity contribution in [1.82, 2.24) is 5.16 Å². The molecule has 144 valence electrons. The van der Waals surface area contributed by atoms with Crippen molar-refractivity contribution in [2.24, 2.45) is 17.8 Å². The van der Waals surface area contributed by atoms with Gasteiger partial charge in [-0.3, -0.25) is 4.79 Å². The third kappa shape index (κ3) is 3.45. The Morgan fingerprint density at radius 1 is 1.15 bits per heavy atom. The lowest BCUT2D eigenvalue weighted by Gasteiger charge is -2.20. The number of benzene rings is 1. The molecule has 2 fully saturated rings. The number of carbonyl (C=O) groups is 1. The minimum Gasteiger partial charge on any atom is -0.337 e. The molecule has 3 atom stereocenters. The number of aryl methyl sites for hydroxylation is 1. The van der Waals surface area contributed by atoms with Crippen LogP contribution in [0.4, 0.5) is 11.6 Å². The molecular weight excluding hydrogens is 366 g/mol. The predicted molar refractivity (Wildman–Crippen MR) is 101 cm³/mol. The Morgan fingerprint density at radius 3 is 2.44 bits per heavy atom. The number of carbonyl (C=O) groups excluding carboxylic acids is 1. The second-order valence-electron chi connectivity index (χ2n) is 7.62. The van der Waals surface area contributed by atoms with E-state index in [0.29, 0.717) is 28.8 Å². The van der Waals surface area contributed by atoms with Gasteiger partial charge in [0.1, 0.15) is 0 Å². The quantitative estimate of drug-likeness (QED) is 0.815. The van der Waals surface area contributed by atoms with Gasteiger partial charge in [-0.1, -0.05) is 11.6 Å². The summed E-state index contributed by atoms with van der Waals surface area (Å²) >= 11 is 0. The molecule has 2 aromatic rings. The van der Waals surface area contributed by atoms with Crippen LogP contribution in [0.3, 0.4) is 0 Å². The molecule has 1 heterocycles. The molecule has 0 aliphatic heterocycles. The molecule has 1 aromatic heterocycles. The highest BCUT2D eigenvalue weighted by Gasteiger charge is 2.43. The smallest absolute Gasteiger partial charge is 0.264 e. The van der Waals surface area contributed by atoms with E-state index in [1.165, 1.54) is 25.0 Å². The van der Waals surface area contributed by atoms with Crippen molar-refractivity contribution in [1.29, 1.82) is 0 Å². The van der Waals surface area contributed by atoms with E-state index in [1.807, 2.05) is 0 Å². The van der Waals surface area contributed by atoms with Crippen molar-refractivity contribution in [3.05, 3.63) is 35.5 Å². The molecule has 2 bridgehead atoms. The largest absolute Gasteiger partial charge is 0.337 e. The summed E-state index contributed by atoms with van der Waals surface area (Å²) in [5, 5.41) is 6.67. The summed E-state index contributed by atoms with van der Waals surface area (Å²) < 4.78 is 32.4. The Morgan fingerprint density at radius 2 is 1.89 bits per heavy atom. The molecule has 0 saturated heterocycles. The number of hydrogen-bond donors (Lipinski definition) is 2. The van der Waals surface area contributed by atoms with Crippen LogP contribution in [0, 0.1) is 31.6 Å². The van der Waals surface area contributed by atoms with E-state index in [9.17, 15) is 13.2 Å². The first-order valence-electron chi connectivity index (χ1n) is 9.20. The number of rotatable bonds is 5. The molecule has 8 heteroatoms. The van der Waals surface area contributed by atoms with Crippen LogP contribution in [-0.4, -0.2) is 19.5 Å². The van der Waals surface area contributed by atoms with Gasteiger partial charge in [0.25, 0.3) is 10.0 Å². The summed E-state index contributed by atoms with van der Waals surface area (Å²) in [6.45, 7) is 3.47. The van der Waals surface area contributed by atoms with Gasteiger partial charge in [-0.05, 0) is 69.2 Å². The van der Waals surface area contributed by atoms with Gasteiger partial charge >= 0.3 is 0 Å². The summed E-state index contributed by atoms with van der Waals surface area (Å²) in [5.74, 6) is 1.45. The highest BCUT2D eigenvalue weighted by molar-refractivity contribution is 7.92. The molecule has 1 aromatic carbocycles. The zero-order valence-electron chi connectivity index (χ0n) is 15.4. The number of nitrogens with zero attached hydrogens (tertiary/aromatic N) is 1. The fourth-order valence-corrected chi connectivity index (χ4v) is 5.26. The molecule has 2 N–H and O–H groups in total. The van der Waals surface area contributed by atoms with Gasteiger partial charge < -0.3 is 9.84 Å². The lowest BCUT2D eigenvalue weighted by Crippen LogP contribution is -2.27. The summed E-state index contributed by atoms with van der Waals surface area (Å²) in [5.41, 5.74) is 1.88. The molecule has 0 spiro atoms. The van der Waals surface area contributed by atoms with E-state index in [1.54, 1.807) is 26.0 Å². The second kappa shape index (κ2) is 6.67. The summed E-state index contributed by atoms with van der Waals surface area (Å²) in [7, 11) is -3.79. The Labute approximate surface area is 158 Å². The molecule has 2 aliphatic carbocycles. The van der Waals surface area contributed by atoms with Crippen molar-refractivity contribution in [3.63, 3.8) is 0 Å². The van der Waals surface area contributed by atoms with Crippen molar-refractivity contribution >= 4 is 27.5 Å². The highest BCUT2D eigenvalue weighted by atomic mass is 32.2. The number of aromatic nitrogens is 1. The average Bonchev–Trinajstić information content (AvgIpc) is 3.35. The van der Waals surface area contributed by atoms with Crippen molar-refractivity contribution in [3.8, 4) is 0 Å². The van der Waals surface area contributed by atoms with Crippen molar-refractivity contribution in [2.75, 3.05) is 10.0 Å². The van der Waals surface area contributed by atoms with Crippen LogP contribution in [0.25, 0.3) is 0 Å². The fourth-order valence-electron chi connectivity index (χ4n) is 4.21. The molecule has 7 nitrogen and oxygen atoms in total. The van der Waals surface area contributed by atoms with E-state index in [0.717, 1.165) is 12.8 Å². The summed E-state index contributed by atoms with van der Waals surface area (Å²) in [4.78, 5) is 12.6. The maximum atomic E-state index is 12.5. The van der Waals surface area contributed by atoms with Crippen LogP contribution in [0.1, 0.15) is 36.9 Å². The Balaban J connectivity index is 1.43. The van der Waals surface area contributed by atoms with E-state index in [2.05, 4.69) is 15.2 Å². The average molecular weight is 389 g/mol. The normalized spacial score (nSPS) is 24.1. The number of sulfonamides is 1. The second-order valence-corrected chi connectivity index (χ2v) is 9.30. The number of hydrogen-bond acceptors (Lipinski definition) is 5. The zero-order chi connectivity index (χ0) is 19.2.